The molecule has 1 aromatic carbocycles. The molecule has 0 fully saturated rings. The molecule has 0 aromatic heterocycles. The molecule has 0 amide bonds. The summed E-state index contributed by atoms with van der Waals surface area (Å²) >= 11 is 3.22. The van der Waals surface area contributed by atoms with Crippen LogP contribution in [-0.2, 0) is 10.0 Å². The Bertz CT molecular complexity index is 431. The average Bonchev–Trinajstić information content (AvgIpc) is 2.17. The van der Waals surface area contributed by atoms with Crippen LogP contribution in [0.15, 0.2) is 33.6 Å². The molecule has 0 aliphatic heterocycles. The largest absolute Gasteiger partial charge is 0.241 e. The first-order valence-corrected chi connectivity index (χ1v) is 7.02. The predicted molar refractivity (Wildman–Crippen MR) is 64.2 cm³/mol. The molecule has 0 saturated carbocycles. The second-order valence-electron chi connectivity index (χ2n) is 3.36. The maximum atomic E-state index is 11.9. The summed E-state index contributed by atoms with van der Waals surface area (Å²) in [4.78, 5) is 0.283. The molecule has 84 valence electrons. The van der Waals surface area contributed by atoms with Gasteiger partial charge >= 0.3 is 0 Å². The van der Waals surface area contributed by atoms with E-state index in [4.69, 9.17) is 0 Å². The van der Waals surface area contributed by atoms with Gasteiger partial charge in [-0.15, -0.1) is 0 Å². The van der Waals surface area contributed by atoms with Gasteiger partial charge in [0.1, 0.15) is 0 Å². The van der Waals surface area contributed by atoms with E-state index < -0.39 is 10.0 Å². The average molecular weight is 292 g/mol. The zero-order chi connectivity index (χ0) is 11.5. The summed E-state index contributed by atoms with van der Waals surface area (Å²) in [5.41, 5.74) is 0. The number of halogens is 1. The highest BCUT2D eigenvalue weighted by Gasteiger charge is 2.18. The monoisotopic (exact) mass is 291 g/mol. The van der Waals surface area contributed by atoms with Crippen molar-refractivity contribution in [1.82, 2.24) is 4.72 Å². The molecule has 0 saturated heterocycles. The Morgan fingerprint density at radius 2 is 2.00 bits per heavy atom. The molecule has 0 bridgehead atoms. The maximum Gasteiger partial charge on any atom is 0.241 e. The normalized spacial score (nSPS) is 13.8. The minimum atomic E-state index is -3.40. The summed E-state index contributed by atoms with van der Waals surface area (Å²) in [5, 5.41) is 0. The third-order valence-electron chi connectivity index (χ3n) is 2.09. The Balaban J connectivity index is 3.02. The van der Waals surface area contributed by atoms with Crippen molar-refractivity contribution >= 4 is 26.0 Å². The van der Waals surface area contributed by atoms with Gasteiger partial charge in [-0.25, -0.2) is 13.1 Å². The quantitative estimate of drug-likeness (QED) is 0.927. The fourth-order valence-electron chi connectivity index (χ4n) is 1.07. The number of hydrogen-bond donors (Lipinski definition) is 1. The highest BCUT2D eigenvalue weighted by atomic mass is 79.9. The van der Waals surface area contributed by atoms with Crippen molar-refractivity contribution in [2.45, 2.75) is 31.2 Å². The summed E-state index contributed by atoms with van der Waals surface area (Å²) in [6, 6.07) is 6.73. The minimum Gasteiger partial charge on any atom is -0.208 e. The van der Waals surface area contributed by atoms with Crippen LogP contribution in [0.5, 0.6) is 0 Å². The summed E-state index contributed by atoms with van der Waals surface area (Å²) in [6.07, 6.45) is 0.768. The third-order valence-corrected chi connectivity index (χ3v) is 4.70. The van der Waals surface area contributed by atoms with Gasteiger partial charge in [0, 0.05) is 10.5 Å². The molecule has 0 heterocycles. The van der Waals surface area contributed by atoms with Crippen LogP contribution in [0.3, 0.4) is 0 Å². The van der Waals surface area contributed by atoms with Crippen LogP contribution < -0.4 is 4.72 Å². The molecule has 3 nitrogen and oxygen atoms in total. The van der Waals surface area contributed by atoms with Gasteiger partial charge in [-0.3, -0.25) is 0 Å². The zero-order valence-electron chi connectivity index (χ0n) is 8.70. The lowest BCUT2D eigenvalue weighted by molar-refractivity contribution is 0.555. The van der Waals surface area contributed by atoms with Crippen LogP contribution in [0, 0.1) is 0 Å². The first-order chi connectivity index (χ1) is 6.97. The number of rotatable bonds is 4. The van der Waals surface area contributed by atoms with Crippen molar-refractivity contribution < 1.29 is 8.42 Å². The van der Waals surface area contributed by atoms with E-state index in [2.05, 4.69) is 20.7 Å². The third kappa shape index (κ3) is 3.29. The van der Waals surface area contributed by atoms with Crippen LogP contribution in [-0.4, -0.2) is 14.5 Å². The van der Waals surface area contributed by atoms with E-state index in [1.54, 1.807) is 24.3 Å². The fourth-order valence-corrected chi connectivity index (χ4v) is 3.40. The highest BCUT2D eigenvalue weighted by molar-refractivity contribution is 9.10. The van der Waals surface area contributed by atoms with Crippen LogP contribution in [0.1, 0.15) is 20.3 Å². The molecule has 0 spiro atoms. The van der Waals surface area contributed by atoms with Gasteiger partial charge in [0.15, 0.2) is 0 Å². The SMILES string of the molecule is CC[C@H](C)NS(=O)(=O)c1ccccc1Br. The predicted octanol–water partition coefficient (Wildman–Crippen LogP) is 2.53. The second-order valence-corrected chi connectivity index (χ2v) is 5.90. The van der Waals surface area contributed by atoms with E-state index in [1.165, 1.54) is 0 Å². The second kappa shape index (κ2) is 5.09. The summed E-state index contributed by atoms with van der Waals surface area (Å²) in [6.45, 7) is 3.78. The van der Waals surface area contributed by atoms with Crippen molar-refractivity contribution in [3.8, 4) is 0 Å². The Morgan fingerprint density at radius 3 is 2.53 bits per heavy atom. The Morgan fingerprint density at radius 1 is 1.40 bits per heavy atom. The van der Waals surface area contributed by atoms with Gasteiger partial charge in [0.05, 0.1) is 4.90 Å². The smallest absolute Gasteiger partial charge is 0.208 e. The molecule has 1 aromatic rings. The van der Waals surface area contributed by atoms with Gasteiger partial charge in [-0.1, -0.05) is 19.1 Å². The first kappa shape index (κ1) is 12.7. The van der Waals surface area contributed by atoms with Gasteiger partial charge in [-0.2, -0.15) is 0 Å². The fraction of sp³-hybridized carbons (Fsp3) is 0.400. The molecular weight excluding hydrogens is 278 g/mol. The van der Waals surface area contributed by atoms with Crippen molar-refractivity contribution in [2.75, 3.05) is 0 Å². The van der Waals surface area contributed by atoms with Gasteiger partial charge in [-0.05, 0) is 41.4 Å². The minimum absolute atomic E-state index is 0.0536. The van der Waals surface area contributed by atoms with E-state index in [0.717, 1.165) is 6.42 Å². The summed E-state index contributed by atoms with van der Waals surface area (Å²) < 4.78 is 27.0. The van der Waals surface area contributed by atoms with Gasteiger partial charge in [0.25, 0.3) is 0 Å². The Hall–Kier alpha value is -0.390. The van der Waals surface area contributed by atoms with E-state index in [0.29, 0.717) is 4.47 Å². The van der Waals surface area contributed by atoms with Crippen molar-refractivity contribution in [3.05, 3.63) is 28.7 Å². The molecule has 0 aliphatic rings. The van der Waals surface area contributed by atoms with E-state index in [-0.39, 0.29) is 10.9 Å². The lowest BCUT2D eigenvalue weighted by Gasteiger charge is -2.12. The van der Waals surface area contributed by atoms with E-state index in [9.17, 15) is 8.42 Å². The summed E-state index contributed by atoms with van der Waals surface area (Å²) in [7, 11) is -3.40. The van der Waals surface area contributed by atoms with E-state index >= 15 is 0 Å². The lowest BCUT2D eigenvalue weighted by Crippen LogP contribution is -2.32. The number of sulfonamides is 1. The molecule has 1 atom stereocenters. The van der Waals surface area contributed by atoms with Crippen LogP contribution >= 0.6 is 15.9 Å². The highest BCUT2D eigenvalue weighted by Crippen LogP contribution is 2.21. The molecule has 0 aliphatic carbocycles. The lowest BCUT2D eigenvalue weighted by atomic mass is 10.3. The topological polar surface area (TPSA) is 46.2 Å². The molecule has 15 heavy (non-hydrogen) atoms. The van der Waals surface area contributed by atoms with Crippen LogP contribution in [0.25, 0.3) is 0 Å². The van der Waals surface area contributed by atoms with Crippen molar-refractivity contribution in [3.63, 3.8) is 0 Å². The Labute approximate surface area is 99.1 Å². The number of hydrogen-bond acceptors (Lipinski definition) is 2. The zero-order valence-corrected chi connectivity index (χ0v) is 11.1. The molecule has 0 unspecified atom stereocenters. The standard InChI is InChI=1S/C10H14BrNO2S/c1-3-8(2)12-15(13,14)10-7-5-4-6-9(10)11/h4-8,12H,3H2,1-2H3/t8-/m0/s1. The number of benzene rings is 1. The van der Waals surface area contributed by atoms with Crippen molar-refractivity contribution in [1.29, 1.82) is 0 Å². The molecule has 5 heteroatoms. The van der Waals surface area contributed by atoms with Crippen LogP contribution in [0.2, 0.25) is 0 Å². The maximum absolute atomic E-state index is 11.9. The molecule has 1 N–H and O–H groups in total. The summed E-state index contributed by atoms with van der Waals surface area (Å²) in [5.74, 6) is 0. The van der Waals surface area contributed by atoms with Crippen LogP contribution in [0.4, 0.5) is 0 Å². The number of nitrogens with one attached hydrogen (secondary N) is 1. The van der Waals surface area contributed by atoms with Crippen molar-refractivity contribution in [2.24, 2.45) is 0 Å². The van der Waals surface area contributed by atoms with Gasteiger partial charge in [0.2, 0.25) is 10.0 Å². The Kier molecular flexibility index (Phi) is 4.31. The van der Waals surface area contributed by atoms with E-state index in [1.807, 2.05) is 13.8 Å². The van der Waals surface area contributed by atoms with Gasteiger partial charge < -0.3 is 0 Å². The molecule has 1 rings (SSSR count). The first-order valence-electron chi connectivity index (χ1n) is 4.74. The molecule has 0 radical (unpaired) electrons. The molecular formula is C10H14BrNO2S.